The molecule has 0 heterocycles. The third-order valence-corrected chi connectivity index (χ3v) is 2.95. The molecule has 70 valence electrons. The molecule has 1 saturated carbocycles. The van der Waals surface area contributed by atoms with Crippen LogP contribution in [0.2, 0.25) is 0 Å². The van der Waals surface area contributed by atoms with Crippen LogP contribution in [0.4, 0.5) is 0 Å². The van der Waals surface area contributed by atoms with Crippen LogP contribution in [0.5, 0.6) is 0 Å². The van der Waals surface area contributed by atoms with Gasteiger partial charge in [0.2, 0.25) is 0 Å². The number of ketones is 1. The van der Waals surface area contributed by atoms with Gasteiger partial charge in [-0.15, -0.1) is 0 Å². The van der Waals surface area contributed by atoms with Crippen LogP contribution in [-0.4, -0.2) is 5.78 Å². The number of Topliss-reactive ketones (excluding diaryl/α,β-unsaturated/α-hetero) is 1. The number of hydrogen-bond donors (Lipinski definition) is 0. The maximum atomic E-state index is 10.9. The van der Waals surface area contributed by atoms with Crippen molar-refractivity contribution in [2.24, 2.45) is 11.8 Å². The average Bonchev–Trinajstić information content (AvgIpc) is 2.15. The Balaban J connectivity index is 2.30. The molecule has 0 aromatic carbocycles. The SMILES string of the molecule is CC(=O)CC1CCCC(C)CC1. The summed E-state index contributed by atoms with van der Waals surface area (Å²) in [5, 5.41) is 0. The van der Waals surface area contributed by atoms with Gasteiger partial charge in [-0.2, -0.15) is 0 Å². The molecule has 1 fully saturated rings. The lowest BCUT2D eigenvalue weighted by Gasteiger charge is -2.11. The molecule has 12 heavy (non-hydrogen) atoms. The summed E-state index contributed by atoms with van der Waals surface area (Å²) < 4.78 is 0. The van der Waals surface area contributed by atoms with Crippen molar-refractivity contribution in [2.45, 2.75) is 52.4 Å². The minimum absolute atomic E-state index is 0.370. The van der Waals surface area contributed by atoms with Gasteiger partial charge in [-0.3, -0.25) is 0 Å². The van der Waals surface area contributed by atoms with Gasteiger partial charge in [-0.1, -0.05) is 32.6 Å². The first-order valence-corrected chi connectivity index (χ1v) is 5.18. The van der Waals surface area contributed by atoms with E-state index in [0.717, 1.165) is 12.3 Å². The molecule has 1 rings (SSSR count). The van der Waals surface area contributed by atoms with Gasteiger partial charge in [-0.05, 0) is 25.2 Å². The number of hydrogen-bond acceptors (Lipinski definition) is 1. The summed E-state index contributed by atoms with van der Waals surface area (Å²) in [5.74, 6) is 1.96. The number of carbonyl (C=O) groups is 1. The molecule has 0 radical (unpaired) electrons. The Morgan fingerprint density at radius 2 is 2.00 bits per heavy atom. The molecule has 0 bridgehead atoms. The highest BCUT2D eigenvalue weighted by atomic mass is 16.1. The Bertz CT molecular complexity index is 151. The van der Waals surface area contributed by atoms with Crippen molar-refractivity contribution in [3.05, 3.63) is 0 Å². The van der Waals surface area contributed by atoms with Crippen molar-refractivity contribution < 1.29 is 4.79 Å². The standard InChI is InChI=1S/C11H20O/c1-9-4-3-5-11(7-6-9)8-10(2)12/h9,11H,3-8H2,1-2H3. The molecule has 1 aliphatic rings. The van der Waals surface area contributed by atoms with Crippen LogP contribution in [-0.2, 0) is 4.79 Å². The van der Waals surface area contributed by atoms with Gasteiger partial charge in [0.05, 0.1) is 0 Å². The Hall–Kier alpha value is -0.330. The largest absolute Gasteiger partial charge is 0.300 e. The molecule has 0 aromatic heterocycles. The highest BCUT2D eigenvalue weighted by molar-refractivity contribution is 5.75. The van der Waals surface area contributed by atoms with Gasteiger partial charge in [0.1, 0.15) is 5.78 Å². The fourth-order valence-corrected chi connectivity index (χ4v) is 2.17. The van der Waals surface area contributed by atoms with Crippen LogP contribution < -0.4 is 0 Å². The molecule has 0 aliphatic heterocycles. The Labute approximate surface area is 75.5 Å². The van der Waals surface area contributed by atoms with Gasteiger partial charge in [0.15, 0.2) is 0 Å². The van der Waals surface area contributed by atoms with Gasteiger partial charge in [0.25, 0.3) is 0 Å². The molecule has 0 saturated heterocycles. The Morgan fingerprint density at radius 1 is 1.25 bits per heavy atom. The third-order valence-electron chi connectivity index (χ3n) is 2.95. The van der Waals surface area contributed by atoms with Crippen LogP contribution in [0.3, 0.4) is 0 Å². The highest BCUT2D eigenvalue weighted by Gasteiger charge is 2.16. The maximum absolute atomic E-state index is 10.9. The molecule has 0 aromatic rings. The van der Waals surface area contributed by atoms with Crippen molar-refractivity contribution in [1.82, 2.24) is 0 Å². The second kappa shape index (κ2) is 4.64. The van der Waals surface area contributed by atoms with E-state index in [4.69, 9.17) is 0 Å². The summed E-state index contributed by atoms with van der Waals surface area (Å²) in [6.07, 6.45) is 7.42. The van der Waals surface area contributed by atoms with E-state index in [1.54, 1.807) is 6.92 Å². The van der Waals surface area contributed by atoms with Gasteiger partial charge >= 0.3 is 0 Å². The van der Waals surface area contributed by atoms with E-state index in [2.05, 4.69) is 6.92 Å². The monoisotopic (exact) mass is 168 g/mol. The van der Waals surface area contributed by atoms with Crippen molar-refractivity contribution >= 4 is 5.78 Å². The van der Waals surface area contributed by atoms with Gasteiger partial charge < -0.3 is 4.79 Å². The lowest BCUT2D eigenvalue weighted by atomic mass is 9.94. The van der Waals surface area contributed by atoms with Crippen LogP contribution in [0.1, 0.15) is 52.4 Å². The maximum Gasteiger partial charge on any atom is 0.130 e. The van der Waals surface area contributed by atoms with Crippen LogP contribution in [0.15, 0.2) is 0 Å². The average molecular weight is 168 g/mol. The lowest BCUT2D eigenvalue weighted by molar-refractivity contribution is -0.118. The van der Waals surface area contributed by atoms with E-state index in [0.29, 0.717) is 11.7 Å². The van der Waals surface area contributed by atoms with E-state index in [9.17, 15) is 4.79 Å². The molecule has 0 N–H and O–H groups in total. The second-order valence-electron chi connectivity index (χ2n) is 4.39. The van der Waals surface area contributed by atoms with Crippen molar-refractivity contribution in [3.8, 4) is 0 Å². The zero-order valence-corrected chi connectivity index (χ0v) is 8.31. The summed E-state index contributed by atoms with van der Waals surface area (Å²) >= 11 is 0. The van der Waals surface area contributed by atoms with Crippen molar-refractivity contribution in [2.75, 3.05) is 0 Å². The molecule has 1 nitrogen and oxygen atoms in total. The first-order chi connectivity index (χ1) is 5.68. The second-order valence-corrected chi connectivity index (χ2v) is 4.39. The van der Waals surface area contributed by atoms with Crippen molar-refractivity contribution in [3.63, 3.8) is 0 Å². The van der Waals surface area contributed by atoms with E-state index in [-0.39, 0.29) is 0 Å². The van der Waals surface area contributed by atoms with E-state index < -0.39 is 0 Å². The van der Waals surface area contributed by atoms with Crippen LogP contribution in [0.25, 0.3) is 0 Å². The minimum atomic E-state index is 0.370. The quantitative estimate of drug-likeness (QED) is 0.579. The topological polar surface area (TPSA) is 17.1 Å². The predicted octanol–water partition coefficient (Wildman–Crippen LogP) is 3.18. The predicted molar refractivity (Wildman–Crippen MR) is 51.0 cm³/mol. The first kappa shape index (κ1) is 9.76. The molecule has 2 unspecified atom stereocenters. The number of carbonyl (C=O) groups excluding carboxylic acids is 1. The van der Waals surface area contributed by atoms with E-state index in [1.807, 2.05) is 0 Å². The summed E-state index contributed by atoms with van der Waals surface area (Å²) in [4.78, 5) is 10.9. The first-order valence-electron chi connectivity index (χ1n) is 5.18. The molecular formula is C11H20O. The van der Waals surface area contributed by atoms with Gasteiger partial charge in [-0.25, -0.2) is 0 Å². The zero-order valence-electron chi connectivity index (χ0n) is 8.31. The summed E-state index contributed by atoms with van der Waals surface area (Å²) in [7, 11) is 0. The normalized spacial score (nSPS) is 31.2. The molecular weight excluding hydrogens is 148 g/mol. The molecule has 1 aliphatic carbocycles. The summed E-state index contributed by atoms with van der Waals surface area (Å²) in [6.45, 7) is 4.05. The van der Waals surface area contributed by atoms with Gasteiger partial charge in [0, 0.05) is 6.42 Å². The molecule has 1 heteroatoms. The zero-order chi connectivity index (χ0) is 8.97. The number of rotatable bonds is 2. The third kappa shape index (κ3) is 3.38. The molecule has 2 atom stereocenters. The highest BCUT2D eigenvalue weighted by Crippen LogP contribution is 2.28. The Morgan fingerprint density at radius 3 is 2.67 bits per heavy atom. The Kier molecular flexibility index (Phi) is 3.77. The minimum Gasteiger partial charge on any atom is -0.300 e. The fraction of sp³-hybridized carbons (Fsp3) is 0.909. The van der Waals surface area contributed by atoms with Crippen LogP contribution in [0, 0.1) is 11.8 Å². The van der Waals surface area contributed by atoms with Crippen molar-refractivity contribution in [1.29, 1.82) is 0 Å². The molecule has 0 amide bonds. The smallest absolute Gasteiger partial charge is 0.130 e. The summed E-state index contributed by atoms with van der Waals surface area (Å²) in [5.41, 5.74) is 0. The fourth-order valence-electron chi connectivity index (χ4n) is 2.17. The molecule has 0 spiro atoms. The van der Waals surface area contributed by atoms with E-state index >= 15 is 0 Å². The lowest BCUT2D eigenvalue weighted by Crippen LogP contribution is -2.04. The van der Waals surface area contributed by atoms with Crippen LogP contribution >= 0.6 is 0 Å². The summed E-state index contributed by atoms with van der Waals surface area (Å²) in [6, 6.07) is 0. The van der Waals surface area contributed by atoms with E-state index in [1.165, 1.54) is 32.1 Å².